The van der Waals surface area contributed by atoms with Gasteiger partial charge in [0, 0.05) is 21.5 Å². The van der Waals surface area contributed by atoms with Gasteiger partial charge in [-0.15, -0.1) is 0 Å². The van der Waals surface area contributed by atoms with Crippen molar-refractivity contribution in [3.05, 3.63) is 51.5 Å². The molecule has 2 unspecified atom stereocenters. The highest BCUT2D eigenvalue weighted by Crippen LogP contribution is 2.58. The lowest BCUT2D eigenvalue weighted by atomic mass is 9.65. The summed E-state index contributed by atoms with van der Waals surface area (Å²) >= 11 is 12.7. The zero-order valence-electron chi connectivity index (χ0n) is 20.5. The van der Waals surface area contributed by atoms with Crippen molar-refractivity contribution in [3.63, 3.8) is 0 Å². The van der Waals surface area contributed by atoms with Crippen molar-refractivity contribution in [1.82, 2.24) is 0 Å². The van der Waals surface area contributed by atoms with Gasteiger partial charge in [0.25, 0.3) is 0 Å². The normalized spacial score (nSPS) is 15.9. The van der Waals surface area contributed by atoms with Crippen LogP contribution in [-0.2, 0) is 5.41 Å². The maximum absolute atomic E-state index is 3.85. The Kier molecular flexibility index (Phi) is 11.1. The monoisotopic (exact) mass is 798 g/mol. The molecule has 0 fully saturated rings. The predicted molar refractivity (Wildman–Crippen MR) is 169 cm³/mol. The van der Waals surface area contributed by atoms with Gasteiger partial charge < -0.3 is 0 Å². The first-order chi connectivity index (χ1) is 15.8. The molecule has 0 radical (unpaired) electrons. The van der Waals surface area contributed by atoms with E-state index in [1.807, 2.05) is 0 Å². The van der Waals surface area contributed by atoms with Crippen molar-refractivity contribution in [3.8, 4) is 11.1 Å². The highest BCUT2D eigenvalue weighted by molar-refractivity contribution is 14.1. The van der Waals surface area contributed by atoms with E-state index >= 15 is 0 Å². The van der Waals surface area contributed by atoms with E-state index < -0.39 is 0 Å². The Hall–Kier alpha value is 0.860. The molecule has 1 aliphatic carbocycles. The van der Waals surface area contributed by atoms with Crippen molar-refractivity contribution >= 4 is 77.0 Å². The van der Waals surface area contributed by atoms with Crippen LogP contribution in [0.3, 0.4) is 0 Å². The number of fused-ring (bicyclic) bond motifs is 3. The van der Waals surface area contributed by atoms with Gasteiger partial charge in [0.15, 0.2) is 0 Å². The maximum Gasteiger partial charge on any atom is 0.0315 e. The lowest BCUT2D eigenvalue weighted by Crippen LogP contribution is -2.31. The Morgan fingerprint density at radius 2 is 1.09 bits per heavy atom. The summed E-state index contributed by atoms with van der Waals surface area (Å²) < 4.78 is 5.10. The van der Waals surface area contributed by atoms with Crippen LogP contribution in [0, 0.1) is 19.0 Å². The first-order valence-corrected chi connectivity index (χ1v) is 16.5. The molecular formula is C29H38Br2I2. The molecular weight excluding hydrogens is 762 g/mol. The first kappa shape index (κ1) is 28.4. The zero-order valence-corrected chi connectivity index (χ0v) is 28.0. The number of hydrogen-bond donors (Lipinski definition) is 0. The largest absolute Gasteiger partial charge is 0.0654 e. The lowest BCUT2D eigenvalue weighted by Gasteiger charge is -2.39. The summed E-state index contributed by atoms with van der Waals surface area (Å²) in [5.74, 6) is 1.55. The Bertz CT molecular complexity index is 876. The molecule has 0 amide bonds. The van der Waals surface area contributed by atoms with Crippen molar-refractivity contribution in [2.24, 2.45) is 11.8 Å². The number of halogens is 4. The summed E-state index contributed by atoms with van der Waals surface area (Å²) in [4.78, 5) is 0. The van der Waals surface area contributed by atoms with Crippen molar-refractivity contribution in [1.29, 1.82) is 0 Å². The van der Waals surface area contributed by atoms with Gasteiger partial charge >= 0.3 is 0 Å². The Balaban J connectivity index is 2.24. The lowest BCUT2D eigenvalue weighted by molar-refractivity contribution is 0.266. The molecule has 33 heavy (non-hydrogen) atoms. The van der Waals surface area contributed by atoms with E-state index in [-0.39, 0.29) is 5.41 Å². The van der Waals surface area contributed by atoms with E-state index in [4.69, 9.17) is 0 Å². The van der Waals surface area contributed by atoms with Crippen LogP contribution in [0.15, 0.2) is 33.2 Å². The van der Waals surface area contributed by atoms with Gasteiger partial charge in [-0.2, -0.15) is 0 Å². The quantitative estimate of drug-likeness (QED) is 0.188. The molecule has 0 aliphatic heterocycles. The summed E-state index contributed by atoms with van der Waals surface area (Å²) in [5, 5.41) is 0. The minimum absolute atomic E-state index is 0.120. The fourth-order valence-corrected chi connectivity index (χ4v) is 7.49. The Labute approximate surface area is 246 Å². The molecule has 1 aliphatic rings. The Morgan fingerprint density at radius 1 is 0.697 bits per heavy atom. The molecule has 182 valence electrons. The van der Waals surface area contributed by atoms with Gasteiger partial charge in [0.1, 0.15) is 0 Å². The van der Waals surface area contributed by atoms with E-state index in [9.17, 15) is 0 Å². The van der Waals surface area contributed by atoms with E-state index in [0.29, 0.717) is 0 Å². The van der Waals surface area contributed by atoms with Gasteiger partial charge in [-0.3, -0.25) is 0 Å². The molecule has 0 N–H and O–H groups in total. The van der Waals surface area contributed by atoms with Crippen LogP contribution < -0.4 is 0 Å². The van der Waals surface area contributed by atoms with Gasteiger partial charge in [-0.1, -0.05) is 79.1 Å². The van der Waals surface area contributed by atoms with Gasteiger partial charge in [-0.05, 0) is 148 Å². The van der Waals surface area contributed by atoms with Crippen LogP contribution in [0.5, 0.6) is 0 Å². The molecule has 0 saturated heterocycles. The number of hydrogen-bond acceptors (Lipinski definition) is 0. The molecule has 0 nitrogen and oxygen atoms in total. The number of unbranched alkanes of at least 4 members (excludes halogenated alkanes) is 2. The molecule has 2 aromatic rings. The third kappa shape index (κ3) is 6.23. The molecule has 3 rings (SSSR count). The third-order valence-electron chi connectivity index (χ3n) is 7.80. The van der Waals surface area contributed by atoms with Crippen molar-refractivity contribution in [2.75, 3.05) is 0 Å². The average molecular weight is 800 g/mol. The van der Waals surface area contributed by atoms with Crippen molar-refractivity contribution in [2.45, 2.75) is 97.3 Å². The second-order valence-electron chi connectivity index (χ2n) is 9.95. The standard InChI is InChI=1S/C29H38Br2I2/c1-5-9-11-19(7-3)17-29(18-20(8-4)12-10-6-2)23-15-27(32)25(30)13-21(23)22-14-26(31)28(33)16-24(22)29/h13-16,19-20H,5-12,17-18H2,1-4H3. The molecule has 2 atom stereocenters. The van der Waals surface area contributed by atoms with Gasteiger partial charge in [0.2, 0.25) is 0 Å². The molecule has 0 saturated carbocycles. The van der Waals surface area contributed by atoms with Crippen LogP contribution in [0.4, 0.5) is 0 Å². The zero-order chi connectivity index (χ0) is 24.2. The smallest absolute Gasteiger partial charge is 0.0315 e. The van der Waals surface area contributed by atoms with Crippen LogP contribution in [0.2, 0.25) is 0 Å². The van der Waals surface area contributed by atoms with Gasteiger partial charge in [-0.25, -0.2) is 0 Å². The molecule has 0 bridgehead atoms. The maximum atomic E-state index is 3.85. The molecule has 4 heteroatoms. The molecule has 2 aromatic carbocycles. The minimum atomic E-state index is 0.120. The van der Waals surface area contributed by atoms with Crippen molar-refractivity contribution < 1.29 is 0 Å². The van der Waals surface area contributed by atoms with E-state index in [0.717, 1.165) is 11.8 Å². The van der Waals surface area contributed by atoms with E-state index in [1.54, 1.807) is 11.1 Å². The summed E-state index contributed by atoms with van der Waals surface area (Å²) in [6.45, 7) is 9.49. The third-order valence-corrected chi connectivity index (χ3v) is 12.4. The highest BCUT2D eigenvalue weighted by atomic mass is 127. The Morgan fingerprint density at radius 3 is 1.42 bits per heavy atom. The average Bonchev–Trinajstić information content (AvgIpc) is 3.03. The topological polar surface area (TPSA) is 0 Å². The predicted octanol–water partition coefficient (Wildman–Crippen LogP) is 11.9. The fourth-order valence-electron chi connectivity index (χ4n) is 5.87. The summed E-state index contributed by atoms with van der Waals surface area (Å²) in [5.41, 5.74) is 6.19. The van der Waals surface area contributed by atoms with Crippen LogP contribution in [0.1, 0.15) is 103 Å². The van der Waals surface area contributed by atoms with Crippen LogP contribution in [0.25, 0.3) is 11.1 Å². The molecule has 0 spiro atoms. The number of rotatable bonds is 12. The molecule has 0 heterocycles. The first-order valence-electron chi connectivity index (χ1n) is 12.8. The van der Waals surface area contributed by atoms with E-state index in [1.165, 1.54) is 91.4 Å². The van der Waals surface area contributed by atoms with Crippen LogP contribution >= 0.6 is 77.0 Å². The van der Waals surface area contributed by atoms with Crippen LogP contribution in [-0.4, -0.2) is 0 Å². The second-order valence-corrected chi connectivity index (χ2v) is 14.0. The van der Waals surface area contributed by atoms with E-state index in [2.05, 4.69) is 129 Å². The minimum Gasteiger partial charge on any atom is -0.0654 e. The SMILES string of the molecule is CCCCC(CC)CC1(CC(CC)CCCC)c2cc(I)c(Br)cc2-c2cc(Br)c(I)cc21. The van der Waals surface area contributed by atoms with Gasteiger partial charge in [0.05, 0.1) is 0 Å². The number of benzene rings is 2. The fraction of sp³-hybridized carbons (Fsp3) is 0.586. The summed E-state index contributed by atoms with van der Waals surface area (Å²) in [6, 6.07) is 9.83. The summed E-state index contributed by atoms with van der Waals surface area (Å²) in [6.07, 6.45) is 13.1. The highest BCUT2D eigenvalue weighted by Gasteiger charge is 2.46. The second kappa shape index (κ2) is 12.9. The molecule has 0 aromatic heterocycles. The summed E-state index contributed by atoms with van der Waals surface area (Å²) in [7, 11) is 0.